The molecule has 0 atom stereocenters. The highest BCUT2D eigenvalue weighted by Gasteiger charge is 2.30. The van der Waals surface area contributed by atoms with Gasteiger partial charge in [-0.3, -0.25) is 4.79 Å². The van der Waals surface area contributed by atoms with Crippen molar-refractivity contribution in [3.63, 3.8) is 0 Å². The molecule has 0 amide bonds. The van der Waals surface area contributed by atoms with Crippen molar-refractivity contribution in [3.8, 4) is 0 Å². The molecule has 1 rings (SSSR count). The molecule has 0 aromatic heterocycles. The second kappa shape index (κ2) is 4.61. The standard InChI is InChI=1S/C10H19NO2/c1-7(2)8-5-9(6-8)11-4-3-10(12)13/h7-9,11H,3-6H2,1-2H3,(H,12,13). The van der Waals surface area contributed by atoms with E-state index in [0.717, 1.165) is 11.8 Å². The van der Waals surface area contributed by atoms with Crippen molar-refractivity contribution >= 4 is 5.97 Å². The number of aliphatic carboxylic acids is 1. The van der Waals surface area contributed by atoms with Crippen LogP contribution in [0, 0.1) is 11.8 Å². The number of carbonyl (C=O) groups is 1. The summed E-state index contributed by atoms with van der Waals surface area (Å²) in [6, 6.07) is 0.576. The van der Waals surface area contributed by atoms with Gasteiger partial charge in [-0.25, -0.2) is 0 Å². The zero-order valence-electron chi connectivity index (χ0n) is 8.42. The third-order valence-electron chi connectivity index (χ3n) is 2.89. The fourth-order valence-corrected chi connectivity index (χ4v) is 1.76. The van der Waals surface area contributed by atoms with Crippen molar-refractivity contribution in [2.75, 3.05) is 6.54 Å². The van der Waals surface area contributed by atoms with Crippen LogP contribution in [0.3, 0.4) is 0 Å². The SMILES string of the molecule is CC(C)C1CC(NCCC(=O)O)C1. The molecular formula is C10H19NO2. The summed E-state index contributed by atoms with van der Waals surface area (Å²) in [6.45, 7) is 5.11. The molecule has 0 saturated heterocycles. The summed E-state index contributed by atoms with van der Waals surface area (Å²) in [5.74, 6) is 0.909. The van der Waals surface area contributed by atoms with Crippen LogP contribution in [0.1, 0.15) is 33.1 Å². The average Bonchev–Trinajstić information content (AvgIpc) is 1.92. The quantitative estimate of drug-likeness (QED) is 0.682. The fraction of sp³-hybridized carbons (Fsp3) is 0.900. The minimum atomic E-state index is -0.716. The zero-order valence-corrected chi connectivity index (χ0v) is 8.42. The molecule has 1 aliphatic rings. The van der Waals surface area contributed by atoms with Crippen molar-refractivity contribution in [2.24, 2.45) is 11.8 Å². The van der Waals surface area contributed by atoms with Crippen LogP contribution in [0.15, 0.2) is 0 Å². The van der Waals surface area contributed by atoms with Crippen LogP contribution in [0.25, 0.3) is 0 Å². The van der Waals surface area contributed by atoms with Gasteiger partial charge in [-0.15, -0.1) is 0 Å². The van der Waals surface area contributed by atoms with Gasteiger partial charge in [-0.2, -0.15) is 0 Å². The Morgan fingerprint density at radius 1 is 1.54 bits per heavy atom. The van der Waals surface area contributed by atoms with E-state index < -0.39 is 5.97 Å². The van der Waals surface area contributed by atoms with Gasteiger partial charge in [0.2, 0.25) is 0 Å². The van der Waals surface area contributed by atoms with Crippen molar-refractivity contribution in [1.82, 2.24) is 5.32 Å². The summed E-state index contributed by atoms with van der Waals surface area (Å²) < 4.78 is 0. The first-order valence-corrected chi connectivity index (χ1v) is 5.04. The predicted octanol–water partition coefficient (Wildman–Crippen LogP) is 1.49. The molecule has 3 nitrogen and oxygen atoms in total. The Labute approximate surface area is 79.5 Å². The summed E-state index contributed by atoms with van der Waals surface area (Å²) in [5, 5.41) is 11.7. The van der Waals surface area contributed by atoms with Crippen molar-refractivity contribution < 1.29 is 9.90 Å². The Kier molecular flexibility index (Phi) is 3.72. The van der Waals surface area contributed by atoms with E-state index in [1.165, 1.54) is 12.8 Å². The van der Waals surface area contributed by atoms with E-state index in [-0.39, 0.29) is 6.42 Å². The van der Waals surface area contributed by atoms with E-state index in [1.807, 2.05) is 0 Å². The largest absolute Gasteiger partial charge is 0.481 e. The molecule has 0 heterocycles. The van der Waals surface area contributed by atoms with Gasteiger partial charge in [0, 0.05) is 12.6 Å². The summed E-state index contributed by atoms with van der Waals surface area (Å²) in [6.07, 6.45) is 2.68. The number of hydrogen-bond donors (Lipinski definition) is 2. The minimum absolute atomic E-state index is 0.239. The number of nitrogens with one attached hydrogen (secondary N) is 1. The Morgan fingerprint density at radius 3 is 2.62 bits per heavy atom. The van der Waals surface area contributed by atoms with E-state index in [0.29, 0.717) is 12.6 Å². The van der Waals surface area contributed by atoms with Gasteiger partial charge in [0.1, 0.15) is 0 Å². The van der Waals surface area contributed by atoms with E-state index in [2.05, 4.69) is 19.2 Å². The lowest BCUT2D eigenvalue weighted by Crippen LogP contribution is -2.43. The Balaban J connectivity index is 1.99. The summed E-state index contributed by atoms with van der Waals surface area (Å²) in [7, 11) is 0. The highest BCUT2D eigenvalue weighted by Crippen LogP contribution is 2.33. The first-order valence-electron chi connectivity index (χ1n) is 5.04. The van der Waals surface area contributed by atoms with Gasteiger partial charge < -0.3 is 10.4 Å². The normalized spacial score (nSPS) is 27.3. The number of carboxylic acids is 1. The van der Waals surface area contributed by atoms with Crippen LogP contribution in [0.4, 0.5) is 0 Å². The van der Waals surface area contributed by atoms with Crippen molar-refractivity contribution in [3.05, 3.63) is 0 Å². The Hall–Kier alpha value is -0.570. The van der Waals surface area contributed by atoms with Crippen LogP contribution in [0.5, 0.6) is 0 Å². The molecule has 3 heteroatoms. The van der Waals surface area contributed by atoms with E-state index in [4.69, 9.17) is 5.11 Å². The predicted molar refractivity (Wildman–Crippen MR) is 51.6 cm³/mol. The fourth-order valence-electron chi connectivity index (χ4n) is 1.76. The lowest BCUT2D eigenvalue weighted by Gasteiger charge is -2.38. The molecule has 0 aromatic carbocycles. The molecule has 13 heavy (non-hydrogen) atoms. The van der Waals surface area contributed by atoms with E-state index in [1.54, 1.807) is 0 Å². The first kappa shape index (κ1) is 10.5. The molecule has 0 radical (unpaired) electrons. The van der Waals surface area contributed by atoms with Crippen LogP contribution >= 0.6 is 0 Å². The smallest absolute Gasteiger partial charge is 0.304 e. The van der Waals surface area contributed by atoms with Gasteiger partial charge in [0.25, 0.3) is 0 Å². The first-order chi connectivity index (χ1) is 6.09. The lowest BCUT2D eigenvalue weighted by atomic mass is 9.74. The third-order valence-corrected chi connectivity index (χ3v) is 2.89. The van der Waals surface area contributed by atoms with Crippen LogP contribution < -0.4 is 5.32 Å². The molecule has 76 valence electrons. The molecule has 1 fully saturated rings. The Bertz CT molecular complexity index is 174. The molecule has 0 unspecified atom stereocenters. The summed E-state index contributed by atoms with van der Waals surface area (Å²) in [4.78, 5) is 10.2. The number of hydrogen-bond acceptors (Lipinski definition) is 2. The topological polar surface area (TPSA) is 49.3 Å². The maximum absolute atomic E-state index is 10.2. The van der Waals surface area contributed by atoms with Crippen molar-refractivity contribution in [2.45, 2.75) is 39.2 Å². The van der Waals surface area contributed by atoms with Gasteiger partial charge in [-0.05, 0) is 24.7 Å². The molecule has 0 aromatic rings. The van der Waals surface area contributed by atoms with Crippen LogP contribution in [-0.4, -0.2) is 23.7 Å². The highest BCUT2D eigenvalue weighted by atomic mass is 16.4. The minimum Gasteiger partial charge on any atom is -0.481 e. The average molecular weight is 185 g/mol. The second-order valence-electron chi connectivity index (χ2n) is 4.27. The van der Waals surface area contributed by atoms with E-state index >= 15 is 0 Å². The maximum Gasteiger partial charge on any atom is 0.304 e. The van der Waals surface area contributed by atoms with Gasteiger partial charge in [0.15, 0.2) is 0 Å². The molecule has 1 saturated carbocycles. The Morgan fingerprint density at radius 2 is 2.15 bits per heavy atom. The third kappa shape index (κ3) is 3.35. The molecule has 1 aliphatic carbocycles. The molecule has 0 bridgehead atoms. The monoisotopic (exact) mass is 185 g/mol. The molecule has 0 spiro atoms. The zero-order chi connectivity index (χ0) is 9.84. The number of rotatable bonds is 5. The summed E-state index contributed by atoms with van der Waals surface area (Å²) >= 11 is 0. The van der Waals surface area contributed by atoms with Gasteiger partial charge >= 0.3 is 5.97 Å². The van der Waals surface area contributed by atoms with Gasteiger partial charge in [-0.1, -0.05) is 13.8 Å². The van der Waals surface area contributed by atoms with Crippen molar-refractivity contribution in [1.29, 1.82) is 0 Å². The summed E-state index contributed by atoms with van der Waals surface area (Å²) in [5.41, 5.74) is 0. The molecule has 2 N–H and O–H groups in total. The van der Waals surface area contributed by atoms with E-state index in [9.17, 15) is 4.79 Å². The lowest BCUT2D eigenvalue weighted by molar-refractivity contribution is -0.136. The van der Waals surface area contributed by atoms with Crippen LogP contribution in [0.2, 0.25) is 0 Å². The van der Waals surface area contributed by atoms with Gasteiger partial charge in [0.05, 0.1) is 6.42 Å². The molecule has 0 aliphatic heterocycles. The highest BCUT2D eigenvalue weighted by molar-refractivity contribution is 5.66. The number of carboxylic acid groups (broad SMARTS) is 1. The second-order valence-corrected chi connectivity index (χ2v) is 4.27. The maximum atomic E-state index is 10.2. The van der Waals surface area contributed by atoms with Crippen LogP contribution in [-0.2, 0) is 4.79 Å². The molecular weight excluding hydrogens is 166 g/mol.